The van der Waals surface area contributed by atoms with E-state index in [0.29, 0.717) is 19.3 Å². The number of hydrogen-bond acceptors (Lipinski definition) is 9. The Labute approximate surface area is 214 Å². The molecule has 3 rings (SSSR count). The summed E-state index contributed by atoms with van der Waals surface area (Å²) >= 11 is 0. The number of ketones is 1. The second-order valence-corrected chi connectivity index (χ2v) is 11.4. The predicted octanol–water partition coefficient (Wildman–Crippen LogP) is 2.26. The molecule has 0 aromatic heterocycles. The lowest BCUT2D eigenvalue weighted by atomic mass is 9.80. The molecule has 0 radical (unpaired) electrons. The van der Waals surface area contributed by atoms with Crippen molar-refractivity contribution in [2.45, 2.75) is 116 Å². The van der Waals surface area contributed by atoms with Gasteiger partial charge in [-0.3, -0.25) is 9.59 Å². The van der Waals surface area contributed by atoms with Crippen molar-refractivity contribution in [3.63, 3.8) is 0 Å². The zero-order valence-corrected chi connectivity index (χ0v) is 22.9. The monoisotopic (exact) mass is 512 g/mol. The van der Waals surface area contributed by atoms with Crippen LogP contribution in [0.15, 0.2) is 0 Å². The summed E-state index contributed by atoms with van der Waals surface area (Å²) in [6.07, 6.45) is -2.40. The first-order valence-corrected chi connectivity index (χ1v) is 13.2. The van der Waals surface area contributed by atoms with Gasteiger partial charge in [-0.05, 0) is 60.0 Å². The highest BCUT2D eigenvalue weighted by atomic mass is 16.7. The minimum atomic E-state index is -1.17. The number of nitrogens with one attached hydrogen (secondary N) is 1. The van der Waals surface area contributed by atoms with E-state index in [1.54, 1.807) is 13.8 Å². The molecule has 10 heteroatoms. The number of Topliss-reactive ketones (excluding diaryl/α,β-unsaturated/α-hetero) is 1. The van der Waals surface area contributed by atoms with Crippen LogP contribution in [0.4, 0.5) is 4.79 Å². The number of aliphatic hydroxyl groups excluding tert-OH is 1. The summed E-state index contributed by atoms with van der Waals surface area (Å²) in [5.41, 5.74) is -1.17. The Morgan fingerprint density at radius 2 is 1.81 bits per heavy atom. The van der Waals surface area contributed by atoms with Crippen LogP contribution in [-0.2, 0) is 28.5 Å². The number of cyclic esters (lactones) is 1. The normalized spacial score (nSPS) is 44.7. The largest absolute Gasteiger partial charge is 0.458 e. The van der Waals surface area contributed by atoms with Crippen molar-refractivity contribution in [1.82, 2.24) is 10.2 Å². The lowest BCUT2D eigenvalue weighted by Gasteiger charge is -2.44. The molecule has 0 bridgehead atoms. The molecule has 0 aliphatic carbocycles. The van der Waals surface area contributed by atoms with Crippen molar-refractivity contribution >= 4 is 17.8 Å². The third kappa shape index (κ3) is 5.87. The van der Waals surface area contributed by atoms with Crippen molar-refractivity contribution < 1.29 is 38.4 Å². The van der Waals surface area contributed by atoms with Gasteiger partial charge in [-0.25, -0.2) is 4.79 Å². The lowest BCUT2D eigenvalue weighted by molar-refractivity contribution is -0.279. The average Bonchev–Trinajstić information content (AvgIpc) is 3.09. The maximum atomic E-state index is 13.4. The minimum absolute atomic E-state index is 0.00715. The Morgan fingerprint density at radius 1 is 1.14 bits per heavy atom. The smallest absolute Gasteiger partial charge is 0.408 e. The van der Waals surface area contributed by atoms with E-state index in [4.69, 9.17) is 18.9 Å². The number of likely N-dealkylation sites (N-methyl/N-ethyl adjacent to an activating group) is 1. The van der Waals surface area contributed by atoms with Gasteiger partial charge < -0.3 is 34.3 Å². The van der Waals surface area contributed by atoms with Crippen LogP contribution < -0.4 is 5.32 Å². The number of amides is 1. The Kier molecular flexibility index (Phi) is 9.07. The van der Waals surface area contributed by atoms with E-state index in [-0.39, 0.29) is 36.2 Å². The fourth-order valence-electron chi connectivity index (χ4n) is 5.90. The minimum Gasteiger partial charge on any atom is -0.458 e. The first-order valence-electron chi connectivity index (χ1n) is 13.2. The quantitative estimate of drug-likeness (QED) is 0.546. The molecular weight excluding hydrogens is 468 g/mol. The molecule has 0 aromatic rings. The van der Waals surface area contributed by atoms with Gasteiger partial charge in [0.25, 0.3) is 0 Å². The van der Waals surface area contributed by atoms with E-state index in [0.717, 1.165) is 0 Å². The Morgan fingerprint density at radius 3 is 2.42 bits per heavy atom. The summed E-state index contributed by atoms with van der Waals surface area (Å²) in [7, 11) is 3.80. The van der Waals surface area contributed by atoms with E-state index in [1.807, 2.05) is 46.7 Å². The number of esters is 1. The van der Waals surface area contributed by atoms with Crippen LogP contribution in [0.2, 0.25) is 0 Å². The number of carbonyl (C=O) groups excluding carboxylic acids is 3. The average molecular weight is 513 g/mol. The van der Waals surface area contributed by atoms with Gasteiger partial charge in [0, 0.05) is 18.4 Å². The summed E-state index contributed by atoms with van der Waals surface area (Å²) in [5, 5.41) is 13.8. The van der Waals surface area contributed by atoms with Crippen molar-refractivity contribution in [3.05, 3.63) is 0 Å². The van der Waals surface area contributed by atoms with Gasteiger partial charge in [0.05, 0.1) is 24.2 Å². The van der Waals surface area contributed by atoms with Gasteiger partial charge >= 0.3 is 12.1 Å². The van der Waals surface area contributed by atoms with Gasteiger partial charge in [-0.15, -0.1) is 0 Å². The van der Waals surface area contributed by atoms with Crippen molar-refractivity contribution in [2.24, 2.45) is 17.8 Å². The highest BCUT2D eigenvalue weighted by Gasteiger charge is 2.54. The second-order valence-electron chi connectivity index (χ2n) is 11.4. The SMILES string of the molecule is CC[C@H]1OC(=O)[C@H](C)[C@@H](O[C@@H]2O[C@H](C)C[C@H](N(C)C)[C@H]2O)[C@@H](C)C[C@@H](C)C(=O)C[C@@H]2NC(=O)O[C@@]21C. The molecule has 10 nitrogen and oxygen atoms in total. The Bertz CT molecular complexity index is 822. The van der Waals surface area contributed by atoms with Crippen LogP contribution in [0.3, 0.4) is 0 Å². The number of hydrogen-bond donors (Lipinski definition) is 2. The van der Waals surface area contributed by atoms with Crippen LogP contribution >= 0.6 is 0 Å². The van der Waals surface area contributed by atoms with Gasteiger partial charge in [0.15, 0.2) is 11.9 Å². The Hall–Kier alpha value is -1.75. The molecule has 3 saturated heterocycles. The molecule has 3 fully saturated rings. The van der Waals surface area contributed by atoms with Crippen LogP contribution in [0.1, 0.15) is 67.2 Å². The fourth-order valence-corrected chi connectivity index (χ4v) is 5.90. The van der Waals surface area contributed by atoms with Gasteiger partial charge in [-0.1, -0.05) is 20.8 Å². The lowest BCUT2D eigenvalue weighted by Crippen LogP contribution is -2.56. The number of carbonyl (C=O) groups is 3. The molecule has 36 heavy (non-hydrogen) atoms. The maximum Gasteiger partial charge on any atom is 0.408 e. The molecule has 2 N–H and O–H groups in total. The Balaban J connectivity index is 1.91. The van der Waals surface area contributed by atoms with Crippen molar-refractivity contribution in [3.8, 4) is 0 Å². The fraction of sp³-hybridized carbons (Fsp3) is 0.885. The highest BCUT2D eigenvalue weighted by molar-refractivity contribution is 5.83. The number of rotatable bonds is 4. The molecule has 3 aliphatic heterocycles. The van der Waals surface area contributed by atoms with Gasteiger partial charge in [0.1, 0.15) is 18.0 Å². The summed E-state index contributed by atoms with van der Waals surface area (Å²) in [5.74, 6) is -1.75. The number of fused-ring (bicyclic) bond motifs is 1. The highest BCUT2D eigenvalue weighted by Crippen LogP contribution is 2.36. The van der Waals surface area contributed by atoms with Crippen molar-refractivity contribution in [2.75, 3.05) is 14.1 Å². The standard InChI is InChI=1S/C26H44N2O8/c1-9-20-26(6)19(27-25(32)36-26)12-18(29)13(2)10-14(3)22(16(5)23(31)34-20)35-24-21(30)17(28(7)8)11-15(4)33-24/h13-17,19-22,24,30H,9-12H2,1-8H3,(H,27,32)/t13-,14+,15-,16-,17+,19+,20-,21-,22+,24+,26+/m1/s1. The molecule has 11 atom stereocenters. The van der Waals surface area contributed by atoms with Gasteiger partial charge in [-0.2, -0.15) is 0 Å². The molecular formula is C26H44N2O8. The topological polar surface area (TPSA) is 124 Å². The molecule has 1 amide bonds. The van der Waals surface area contributed by atoms with E-state index in [9.17, 15) is 19.5 Å². The zero-order valence-electron chi connectivity index (χ0n) is 22.9. The summed E-state index contributed by atoms with van der Waals surface area (Å²) in [6, 6.07) is -0.751. The molecule has 0 spiro atoms. The first kappa shape index (κ1) is 28.8. The van der Waals surface area contributed by atoms with E-state index < -0.39 is 54.2 Å². The van der Waals surface area contributed by atoms with Gasteiger partial charge in [0.2, 0.25) is 0 Å². The van der Waals surface area contributed by atoms with Crippen LogP contribution in [0.5, 0.6) is 0 Å². The van der Waals surface area contributed by atoms with Crippen LogP contribution in [-0.4, -0.2) is 90.3 Å². The predicted molar refractivity (Wildman–Crippen MR) is 131 cm³/mol. The summed E-state index contributed by atoms with van der Waals surface area (Å²) < 4.78 is 23.9. The van der Waals surface area contributed by atoms with E-state index >= 15 is 0 Å². The number of ether oxygens (including phenoxy) is 4. The van der Waals surface area contributed by atoms with Crippen molar-refractivity contribution in [1.29, 1.82) is 0 Å². The number of alkyl carbamates (subject to hydrolysis) is 1. The third-order valence-corrected chi connectivity index (χ3v) is 8.24. The third-order valence-electron chi connectivity index (χ3n) is 8.24. The van der Waals surface area contributed by atoms with Crippen LogP contribution in [0, 0.1) is 17.8 Å². The maximum absolute atomic E-state index is 13.4. The van der Waals surface area contributed by atoms with Crippen LogP contribution in [0.25, 0.3) is 0 Å². The molecule has 3 aliphatic rings. The van der Waals surface area contributed by atoms with E-state index in [2.05, 4.69) is 5.32 Å². The molecule has 0 saturated carbocycles. The molecule has 0 aromatic carbocycles. The first-order chi connectivity index (χ1) is 16.8. The summed E-state index contributed by atoms with van der Waals surface area (Å²) in [4.78, 5) is 40.7. The summed E-state index contributed by atoms with van der Waals surface area (Å²) in [6.45, 7) is 11.0. The second kappa shape index (κ2) is 11.3. The molecule has 206 valence electrons. The number of aliphatic hydroxyl groups is 1. The van der Waals surface area contributed by atoms with E-state index in [1.165, 1.54) is 0 Å². The molecule has 3 heterocycles. The zero-order chi connectivity index (χ0) is 26.9. The molecule has 0 unspecified atom stereocenters. The number of nitrogens with zero attached hydrogens (tertiary/aromatic N) is 1.